The van der Waals surface area contributed by atoms with E-state index in [2.05, 4.69) is 17.3 Å². The average molecular weight is 214 g/mol. The second-order valence-corrected chi connectivity index (χ2v) is 4.20. The van der Waals surface area contributed by atoms with Crippen LogP contribution >= 0.6 is 11.6 Å². The monoisotopic (exact) mass is 213 g/mol. The summed E-state index contributed by atoms with van der Waals surface area (Å²) >= 11 is 6.15. The zero-order chi connectivity index (χ0) is 10.1. The van der Waals surface area contributed by atoms with Gasteiger partial charge in [-0.3, -0.25) is 4.68 Å². The maximum atomic E-state index is 6.15. The van der Waals surface area contributed by atoms with Crippen molar-refractivity contribution in [2.45, 2.75) is 32.4 Å². The lowest BCUT2D eigenvalue weighted by Crippen LogP contribution is -2.22. The zero-order valence-corrected chi connectivity index (χ0v) is 9.38. The van der Waals surface area contributed by atoms with Gasteiger partial charge in [-0.15, -0.1) is 0 Å². The van der Waals surface area contributed by atoms with E-state index in [1.54, 1.807) is 6.20 Å². The molecule has 0 bridgehead atoms. The van der Waals surface area contributed by atoms with Crippen molar-refractivity contribution in [2.75, 3.05) is 7.05 Å². The highest BCUT2D eigenvalue weighted by atomic mass is 35.5. The van der Waals surface area contributed by atoms with Crippen molar-refractivity contribution in [3.63, 3.8) is 0 Å². The van der Waals surface area contributed by atoms with Crippen molar-refractivity contribution in [2.24, 2.45) is 5.92 Å². The summed E-state index contributed by atoms with van der Waals surface area (Å²) in [4.78, 5) is 0. The summed E-state index contributed by atoms with van der Waals surface area (Å²) < 4.78 is 1.99. The van der Waals surface area contributed by atoms with Crippen LogP contribution in [0.3, 0.4) is 0 Å². The van der Waals surface area contributed by atoms with Crippen molar-refractivity contribution in [3.8, 4) is 0 Å². The summed E-state index contributed by atoms with van der Waals surface area (Å²) in [5.74, 6) is 0.750. The van der Waals surface area contributed by atoms with Crippen LogP contribution in [0.5, 0.6) is 0 Å². The molecule has 1 atom stereocenters. The Hall–Kier alpha value is -0.540. The molecule has 0 amide bonds. The largest absolute Gasteiger partial charge is 0.311 e. The first-order valence-corrected chi connectivity index (χ1v) is 5.54. The van der Waals surface area contributed by atoms with Crippen LogP contribution in [0.1, 0.15) is 31.5 Å². The lowest BCUT2D eigenvalue weighted by atomic mass is 10.1. The number of aromatic nitrogens is 2. The number of nitrogens with zero attached hydrogens (tertiary/aromatic N) is 2. The molecular formula is C10H16ClN3. The second kappa shape index (κ2) is 3.91. The molecule has 1 fully saturated rings. The SMILES string of the molecule is CCn1ncc(Cl)c1C(NC)C1CC1. The van der Waals surface area contributed by atoms with E-state index in [-0.39, 0.29) is 0 Å². The van der Waals surface area contributed by atoms with E-state index in [0.717, 1.165) is 23.2 Å². The molecule has 1 aromatic rings. The molecule has 1 unspecified atom stereocenters. The summed E-state index contributed by atoms with van der Waals surface area (Å²) in [7, 11) is 1.99. The fraction of sp³-hybridized carbons (Fsp3) is 0.700. The molecule has 1 heterocycles. The molecule has 0 aliphatic heterocycles. The summed E-state index contributed by atoms with van der Waals surface area (Å²) in [6.45, 7) is 2.97. The van der Waals surface area contributed by atoms with Gasteiger partial charge in [0.25, 0.3) is 0 Å². The summed E-state index contributed by atoms with van der Waals surface area (Å²) in [6.07, 6.45) is 4.35. The second-order valence-electron chi connectivity index (χ2n) is 3.80. The predicted octanol–water partition coefficient (Wildman–Crippen LogP) is 2.23. The Balaban J connectivity index is 2.30. The molecule has 0 radical (unpaired) electrons. The first-order chi connectivity index (χ1) is 6.77. The van der Waals surface area contributed by atoms with E-state index in [4.69, 9.17) is 11.6 Å². The Bertz CT molecular complexity index is 317. The van der Waals surface area contributed by atoms with E-state index in [0.29, 0.717) is 6.04 Å². The average Bonchev–Trinajstić information content (AvgIpc) is 2.95. The molecule has 2 rings (SSSR count). The minimum atomic E-state index is 0.380. The third-order valence-corrected chi connectivity index (χ3v) is 3.12. The molecule has 1 aliphatic carbocycles. The number of rotatable bonds is 4. The number of nitrogens with one attached hydrogen (secondary N) is 1. The molecule has 1 aromatic heterocycles. The van der Waals surface area contributed by atoms with Crippen molar-refractivity contribution < 1.29 is 0 Å². The van der Waals surface area contributed by atoms with Crippen LogP contribution in [0, 0.1) is 5.92 Å². The van der Waals surface area contributed by atoms with E-state index in [1.165, 1.54) is 12.8 Å². The maximum absolute atomic E-state index is 6.15. The number of hydrogen-bond donors (Lipinski definition) is 1. The van der Waals surface area contributed by atoms with Crippen LogP contribution in [-0.4, -0.2) is 16.8 Å². The van der Waals surface area contributed by atoms with Gasteiger partial charge in [0.05, 0.1) is 23.0 Å². The molecule has 78 valence electrons. The molecule has 3 nitrogen and oxygen atoms in total. The van der Waals surface area contributed by atoms with Crippen molar-refractivity contribution >= 4 is 11.6 Å². The quantitative estimate of drug-likeness (QED) is 0.832. The summed E-state index contributed by atoms with van der Waals surface area (Å²) in [5, 5.41) is 8.38. The van der Waals surface area contributed by atoms with Crippen molar-refractivity contribution in [3.05, 3.63) is 16.9 Å². The normalized spacial score (nSPS) is 18.5. The van der Waals surface area contributed by atoms with E-state index >= 15 is 0 Å². The van der Waals surface area contributed by atoms with Crippen molar-refractivity contribution in [1.29, 1.82) is 0 Å². The predicted molar refractivity (Wildman–Crippen MR) is 57.4 cm³/mol. The molecule has 1 N–H and O–H groups in total. The van der Waals surface area contributed by atoms with Crippen LogP contribution in [0.25, 0.3) is 0 Å². The van der Waals surface area contributed by atoms with E-state index in [1.807, 2.05) is 11.7 Å². The van der Waals surface area contributed by atoms with Crippen LogP contribution in [0.2, 0.25) is 5.02 Å². The Labute approximate surface area is 89.4 Å². The van der Waals surface area contributed by atoms with Gasteiger partial charge in [-0.25, -0.2) is 0 Å². The molecule has 0 saturated heterocycles. The fourth-order valence-electron chi connectivity index (χ4n) is 1.96. The summed E-state index contributed by atoms with van der Waals surface area (Å²) in [6, 6.07) is 0.380. The topological polar surface area (TPSA) is 29.9 Å². The highest BCUT2D eigenvalue weighted by Crippen LogP contribution is 2.42. The fourth-order valence-corrected chi connectivity index (χ4v) is 2.22. The molecule has 1 aliphatic rings. The Morgan fingerprint density at radius 2 is 2.43 bits per heavy atom. The van der Waals surface area contributed by atoms with Gasteiger partial charge in [-0.2, -0.15) is 5.10 Å². The number of halogens is 1. The molecule has 4 heteroatoms. The highest BCUT2D eigenvalue weighted by Gasteiger charge is 2.34. The minimum absolute atomic E-state index is 0.380. The van der Waals surface area contributed by atoms with Crippen molar-refractivity contribution in [1.82, 2.24) is 15.1 Å². The summed E-state index contributed by atoms with van der Waals surface area (Å²) in [5.41, 5.74) is 1.15. The lowest BCUT2D eigenvalue weighted by molar-refractivity contribution is 0.473. The van der Waals surface area contributed by atoms with Gasteiger partial charge in [-0.1, -0.05) is 11.6 Å². The number of hydrogen-bond acceptors (Lipinski definition) is 2. The Morgan fingerprint density at radius 3 is 2.93 bits per heavy atom. The zero-order valence-electron chi connectivity index (χ0n) is 8.63. The smallest absolute Gasteiger partial charge is 0.0834 e. The standard InChI is InChI=1S/C10H16ClN3/c1-3-14-10(8(11)6-13-14)9(12-2)7-4-5-7/h6-7,9,12H,3-5H2,1-2H3. The van der Waals surface area contributed by atoms with Gasteiger partial charge in [0, 0.05) is 6.54 Å². The highest BCUT2D eigenvalue weighted by molar-refractivity contribution is 6.31. The molecule has 1 saturated carbocycles. The lowest BCUT2D eigenvalue weighted by Gasteiger charge is -2.17. The van der Waals surface area contributed by atoms with Crippen LogP contribution < -0.4 is 5.32 Å². The minimum Gasteiger partial charge on any atom is -0.311 e. The van der Waals surface area contributed by atoms with Gasteiger partial charge in [0.2, 0.25) is 0 Å². The number of aryl methyl sites for hydroxylation is 1. The molecule has 0 spiro atoms. The first-order valence-electron chi connectivity index (χ1n) is 5.16. The van der Waals surface area contributed by atoms with Gasteiger partial charge in [0.15, 0.2) is 0 Å². The maximum Gasteiger partial charge on any atom is 0.0834 e. The molecule has 0 aromatic carbocycles. The van der Waals surface area contributed by atoms with Gasteiger partial charge in [-0.05, 0) is 32.7 Å². The Morgan fingerprint density at radius 1 is 1.71 bits per heavy atom. The molecular weight excluding hydrogens is 198 g/mol. The third-order valence-electron chi connectivity index (χ3n) is 2.83. The van der Waals surface area contributed by atoms with Gasteiger partial charge in [0.1, 0.15) is 0 Å². The van der Waals surface area contributed by atoms with Gasteiger partial charge >= 0.3 is 0 Å². The van der Waals surface area contributed by atoms with E-state index < -0.39 is 0 Å². The first kappa shape index (κ1) is 9.99. The van der Waals surface area contributed by atoms with Crippen LogP contribution in [0.4, 0.5) is 0 Å². The van der Waals surface area contributed by atoms with Crippen LogP contribution in [-0.2, 0) is 6.54 Å². The third kappa shape index (κ3) is 1.66. The van der Waals surface area contributed by atoms with Gasteiger partial charge < -0.3 is 5.32 Å². The Kier molecular flexibility index (Phi) is 2.79. The van der Waals surface area contributed by atoms with Crippen LogP contribution in [0.15, 0.2) is 6.20 Å². The molecule has 14 heavy (non-hydrogen) atoms. The van der Waals surface area contributed by atoms with E-state index in [9.17, 15) is 0 Å².